The highest BCUT2D eigenvalue weighted by Crippen LogP contribution is 2.41. The molecule has 0 bridgehead atoms. The van der Waals surface area contributed by atoms with Gasteiger partial charge in [0.25, 0.3) is 5.91 Å². The molecule has 212 valence electrons. The van der Waals surface area contributed by atoms with Crippen molar-refractivity contribution in [3.63, 3.8) is 0 Å². The number of primary amides is 1. The third kappa shape index (κ3) is 7.01. The largest absolute Gasteiger partial charge is 0.507 e. The fourth-order valence-corrected chi connectivity index (χ4v) is 5.62. The van der Waals surface area contributed by atoms with E-state index in [0.717, 1.165) is 62.6 Å². The van der Waals surface area contributed by atoms with Crippen LogP contribution in [-0.2, 0) is 12.6 Å². The summed E-state index contributed by atoms with van der Waals surface area (Å²) in [5.74, 6) is 0.482. The lowest BCUT2D eigenvalue weighted by Crippen LogP contribution is -2.38. The second-order valence-corrected chi connectivity index (χ2v) is 11.0. The Bertz CT molecular complexity index is 1300. The summed E-state index contributed by atoms with van der Waals surface area (Å²) in [6, 6.07) is 16.1. The van der Waals surface area contributed by atoms with Crippen LogP contribution in [-0.4, -0.2) is 53.1 Å². The maximum atomic E-state index is 12.8. The van der Waals surface area contributed by atoms with Crippen LogP contribution in [0.2, 0.25) is 0 Å². The highest BCUT2D eigenvalue weighted by Gasteiger charge is 2.38. The average molecular weight is 553 g/mol. The van der Waals surface area contributed by atoms with Gasteiger partial charge in [-0.05, 0) is 99.1 Å². The Morgan fingerprint density at radius 1 is 1.05 bits per heavy atom. The minimum atomic E-state index is -4.43. The van der Waals surface area contributed by atoms with Crippen molar-refractivity contribution in [1.82, 2.24) is 15.2 Å². The molecule has 0 radical (unpaired) electrons. The quantitative estimate of drug-likeness (QED) is 0.315. The van der Waals surface area contributed by atoms with Gasteiger partial charge in [-0.1, -0.05) is 36.4 Å². The second-order valence-electron chi connectivity index (χ2n) is 11.0. The van der Waals surface area contributed by atoms with Gasteiger partial charge < -0.3 is 21.1 Å². The monoisotopic (exact) mass is 552 g/mol. The van der Waals surface area contributed by atoms with Crippen LogP contribution in [0.15, 0.2) is 60.8 Å². The fourth-order valence-electron chi connectivity index (χ4n) is 5.62. The Balaban J connectivity index is 0.996. The number of hydrogen-bond donors (Lipinski definition) is 3. The molecule has 0 spiro atoms. The van der Waals surface area contributed by atoms with Crippen LogP contribution in [0.5, 0.6) is 5.75 Å². The van der Waals surface area contributed by atoms with Crippen LogP contribution in [0, 0.1) is 5.92 Å². The predicted molar refractivity (Wildman–Crippen MR) is 148 cm³/mol. The Labute approximate surface area is 232 Å². The molecular formula is C31H35F3N4O2. The third-order valence-corrected chi connectivity index (χ3v) is 8.16. The van der Waals surface area contributed by atoms with E-state index in [0.29, 0.717) is 23.4 Å². The molecule has 1 aromatic heterocycles. The lowest BCUT2D eigenvalue weighted by atomic mass is 9.96. The second kappa shape index (κ2) is 12.0. The molecule has 4 N–H and O–H groups in total. The average Bonchev–Trinajstić information content (AvgIpc) is 3.72. The molecule has 6 nitrogen and oxygen atoms in total. The number of alkyl halides is 3. The zero-order valence-corrected chi connectivity index (χ0v) is 22.3. The molecule has 9 heteroatoms. The molecule has 1 aliphatic carbocycles. The van der Waals surface area contributed by atoms with E-state index >= 15 is 0 Å². The third-order valence-electron chi connectivity index (χ3n) is 8.16. The minimum absolute atomic E-state index is 0.0519. The number of aryl methyl sites for hydroxylation is 1. The van der Waals surface area contributed by atoms with Gasteiger partial charge in [-0.2, -0.15) is 13.2 Å². The van der Waals surface area contributed by atoms with E-state index in [4.69, 9.17) is 5.73 Å². The smallest absolute Gasteiger partial charge is 0.433 e. The fraction of sp³-hybridized carbons (Fsp3) is 0.419. The lowest BCUT2D eigenvalue weighted by Gasteiger charge is -2.32. The maximum absolute atomic E-state index is 12.8. The molecule has 2 aromatic carbocycles. The van der Waals surface area contributed by atoms with E-state index in [1.165, 1.54) is 30.7 Å². The van der Waals surface area contributed by atoms with Gasteiger partial charge in [-0.3, -0.25) is 9.78 Å². The highest BCUT2D eigenvalue weighted by atomic mass is 19.4. The van der Waals surface area contributed by atoms with Gasteiger partial charge in [-0.15, -0.1) is 0 Å². The van der Waals surface area contributed by atoms with Gasteiger partial charge in [-0.25, -0.2) is 0 Å². The number of hydrogen-bond acceptors (Lipinski definition) is 5. The van der Waals surface area contributed by atoms with Crippen LogP contribution in [0.25, 0.3) is 11.1 Å². The number of halogens is 3. The first kappa shape index (κ1) is 28.1. The van der Waals surface area contributed by atoms with Crippen LogP contribution in [0.1, 0.15) is 58.8 Å². The van der Waals surface area contributed by atoms with Crippen molar-refractivity contribution in [2.75, 3.05) is 26.2 Å². The number of pyridine rings is 1. The molecule has 2 atom stereocenters. The number of aromatic nitrogens is 1. The van der Waals surface area contributed by atoms with Crippen molar-refractivity contribution in [3.8, 4) is 16.9 Å². The van der Waals surface area contributed by atoms with E-state index in [1.807, 2.05) is 18.2 Å². The number of phenols is 1. The van der Waals surface area contributed by atoms with Crippen LogP contribution in [0.4, 0.5) is 13.2 Å². The number of aromatic hydroxyl groups is 1. The Morgan fingerprint density at radius 3 is 2.40 bits per heavy atom. The van der Waals surface area contributed by atoms with Crippen molar-refractivity contribution in [3.05, 3.63) is 83.2 Å². The topological polar surface area (TPSA) is 91.5 Å². The molecule has 2 unspecified atom stereocenters. The zero-order valence-electron chi connectivity index (χ0n) is 22.3. The summed E-state index contributed by atoms with van der Waals surface area (Å²) >= 11 is 0. The number of amides is 1. The molecule has 5 rings (SSSR count). The molecule has 1 aliphatic heterocycles. The SMILES string of the molecule is NC(=O)c1ccc(CCCN2CCC(CNC3CC3c3ccc(-c4ccc(C(F)(F)F)nc4)cc3)CC2)cc1O. The Kier molecular flexibility index (Phi) is 8.42. The van der Waals surface area contributed by atoms with Crippen molar-refractivity contribution in [2.24, 2.45) is 11.7 Å². The maximum Gasteiger partial charge on any atom is 0.433 e. The number of rotatable bonds is 10. The van der Waals surface area contributed by atoms with E-state index in [-0.39, 0.29) is 11.3 Å². The Morgan fingerprint density at radius 2 is 1.77 bits per heavy atom. The summed E-state index contributed by atoms with van der Waals surface area (Å²) in [6.07, 6.45) is 2.15. The first-order chi connectivity index (χ1) is 19.2. The summed E-state index contributed by atoms with van der Waals surface area (Å²) in [5.41, 5.74) is 8.33. The molecule has 1 amide bonds. The number of piperidine rings is 1. The summed E-state index contributed by atoms with van der Waals surface area (Å²) in [6.45, 7) is 4.22. The first-order valence-electron chi connectivity index (χ1n) is 13.9. The van der Waals surface area contributed by atoms with Crippen molar-refractivity contribution >= 4 is 5.91 Å². The number of likely N-dealkylation sites (tertiary alicyclic amines) is 1. The van der Waals surface area contributed by atoms with Crippen molar-refractivity contribution in [1.29, 1.82) is 0 Å². The highest BCUT2D eigenvalue weighted by molar-refractivity contribution is 5.95. The number of nitrogens with two attached hydrogens (primary N) is 1. The molecule has 3 aromatic rings. The lowest BCUT2D eigenvalue weighted by molar-refractivity contribution is -0.141. The Hall–Kier alpha value is -3.43. The summed E-state index contributed by atoms with van der Waals surface area (Å²) < 4.78 is 38.3. The van der Waals surface area contributed by atoms with Gasteiger partial charge in [0.1, 0.15) is 11.4 Å². The molecule has 1 saturated heterocycles. The number of nitrogens with zero attached hydrogens (tertiary/aromatic N) is 2. The molecule has 2 fully saturated rings. The van der Waals surface area contributed by atoms with E-state index < -0.39 is 17.8 Å². The van der Waals surface area contributed by atoms with Gasteiger partial charge in [0.05, 0.1) is 5.56 Å². The standard InChI is InChI=1S/C31H35F3N4O2/c32-31(33,34)29-10-8-24(19-37-29)22-4-6-23(7-5-22)26-17-27(26)36-18-21-11-14-38(15-12-21)13-1-2-20-3-9-25(30(35)40)28(39)16-20/h3-10,16,19,21,26-27,36,39H,1-2,11-15,17-18H2,(H2,35,40). The normalized spacial score (nSPS) is 20.0. The number of carbonyl (C=O) groups excluding carboxylic acids is 1. The van der Waals surface area contributed by atoms with Gasteiger partial charge in [0, 0.05) is 23.7 Å². The van der Waals surface area contributed by atoms with Gasteiger partial charge >= 0.3 is 6.18 Å². The first-order valence-corrected chi connectivity index (χ1v) is 13.9. The van der Waals surface area contributed by atoms with E-state index in [9.17, 15) is 23.1 Å². The predicted octanol–water partition coefficient (Wildman–Crippen LogP) is 5.36. The molecule has 1 saturated carbocycles. The molecule has 40 heavy (non-hydrogen) atoms. The van der Waals surface area contributed by atoms with Crippen LogP contribution >= 0.6 is 0 Å². The van der Waals surface area contributed by atoms with Crippen molar-refractivity contribution in [2.45, 2.75) is 50.2 Å². The van der Waals surface area contributed by atoms with E-state index in [2.05, 4.69) is 27.3 Å². The molecular weight excluding hydrogens is 517 g/mol. The summed E-state index contributed by atoms with van der Waals surface area (Å²) in [4.78, 5) is 17.3. The summed E-state index contributed by atoms with van der Waals surface area (Å²) in [7, 11) is 0. The summed E-state index contributed by atoms with van der Waals surface area (Å²) in [5, 5.41) is 13.7. The number of carbonyl (C=O) groups is 1. The minimum Gasteiger partial charge on any atom is -0.507 e. The van der Waals surface area contributed by atoms with Crippen molar-refractivity contribution < 1.29 is 23.1 Å². The van der Waals surface area contributed by atoms with Crippen LogP contribution < -0.4 is 11.1 Å². The zero-order chi connectivity index (χ0) is 28.3. The number of nitrogens with one attached hydrogen (secondary N) is 1. The van der Waals surface area contributed by atoms with Gasteiger partial charge in [0.2, 0.25) is 0 Å². The molecule has 2 heterocycles. The van der Waals surface area contributed by atoms with E-state index in [1.54, 1.807) is 12.1 Å². The van der Waals surface area contributed by atoms with Gasteiger partial charge in [0.15, 0.2) is 0 Å². The van der Waals surface area contributed by atoms with Crippen LogP contribution in [0.3, 0.4) is 0 Å². The molecule has 2 aliphatic rings. The number of benzene rings is 2.